The van der Waals surface area contributed by atoms with Gasteiger partial charge in [-0.25, -0.2) is 0 Å². The molecule has 0 heteroatoms. The van der Waals surface area contributed by atoms with Crippen molar-refractivity contribution in [1.29, 1.82) is 0 Å². The highest BCUT2D eigenvalue weighted by molar-refractivity contribution is 5.34. The van der Waals surface area contributed by atoms with E-state index in [0.29, 0.717) is 0 Å². The monoisotopic (exact) mass is 244 g/mol. The lowest BCUT2D eigenvalue weighted by Gasteiger charge is -2.11. The molecule has 0 aromatic heterocycles. The highest BCUT2D eigenvalue weighted by Crippen LogP contribution is 2.36. The molecular formula is C18H28. The van der Waals surface area contributed by atoms with Gasteiger partial charge in [0.25, 0.3) is 0 Å². The molecule has 100 valence electrons. The van der Waals surface area contributed by atoms with Crippen LogP contribution in [0.5, 0.6) is 0 Å². The summed E-state index contributed by atoms with van der Waals surface area (Å²) in [6.07, 6.45) is 14.2. The predicted octanol–water partition coefficient (Wildman–Crippen LogP) is 5.86. The van der Waals surface area contributed by atoms with Gasteiger partial charge in [0.1, 0.15) is 0 Å². The number of hydrogen-bond donors (Lipinski definition) is 0. The van der Waals surface area contributed by atoms with Gasteiger partial charge in [-0.1, -0.05) is 76.1 Å². The SMILES string of the molecule is CCCCCCCCCC1CCc2ccccc21. The average Bonchev–Trinajstić information content (AvgIpc) is 2.81. The van der Waals surface area contributed by atoms with Crippen LogP contribution in [0.3, 0.4) is 0 Å². The molecule has 1 aromatic rings. The molecule has 1 aliphatic rings. The molecule has 1 aromatic carbocycles. The van der Waals surface area contributed by atoms with Crippen LogP contribution in [0.4, 0.5) is 0 Å². The maximum absolute atomic E-state index is 2.36. The van der Waals surface area contributed by atoms with E-state index in [4.69, 9.17) is 0 Å². The Morgan fingerprint density at radius 1 is 0.944 bits per heavy atom. The van der Waals surface area contributed by atoms with E-state index in [1.165, 1.54) is 64.2 Å². The van der Waals surface area contributed by atoms with E-state index in [0.717, 1.165) is 5.92 Å². The minimum Gasteiger partial charge on any atom is -0.0654 e. The van der Waals surface area contributed by atoms with Crippen LogP contribution < -0.4 is 0 Å². The molecule has 0 saturated heterocycles. The van der Waals surface area contributed by atoms with Crippen molar-refractivity contribution in [2.24, 2.45) is 0 Å². The average molecular weight is 244 g/mol. The summed E-state index contributed by atoms with van der Waals surface area (Å²) in [4.78, 5) is 0. The normalized spacial score (nSPS) is 17.9. The summed E-state index contributed by atoms with van der Waals surface area (Å²) >= 11 is 0. The minimum absolute atomic E-state index is 0.872. The van der Waals surface area contributed by atoms with Crippen molar-refractivity contribution in [3.63, 3.8) is 0 Å². The van der Waals surface area contributed by atoms with Gasteiger partial charge in [-0.2, -0.15) is 0 Å². The van der Waals surface area contributed by atoms with Gasteiger partial charge in [-0.05, 0) is 36.3 Å². The van der Waals surface area contributed by atoms with Crippen molar-refractivity contribution in [2.45, 2.75) is 77.0 Å². The summed E-state index contributed by atoms with van der Waals surface area (Å²) in [5, 5.41) is 0. The third-order valence-corrected chi connectivity index (χ3v) is 4.41. The summed E-state index contributed by atoms with van der Waals surface area (Å²) in [5.41, 5.74) is 3.27. The van der Waals surface area contributed by atoms with Crippen molar-refractivity contribution in [2.75, 3.05) is 0 Å². The van der Waals surface area contributed by atoms with Gasteiger partial charge in [-0.15, -0.1) is 0 Å². The fourth-order valence-electron chi connectivity index (χ4n) is 3.29. The van der Waals surface area contributed by atoms with Gasteiger partial charge >= 0.3 is 0 Å². The number of aryl methyl sites for hydroxylation is 1. The van der Waals surface area contributed by atoms with Gasteiger partial charge in [0.2, 0.25) is 0 Å². The molecule has 1 aliphatic carbocycles. The second-order valence-corrected chi connectivity index (χ2v) is 5.84. The highest BCUT2D eigenvalue weighted by Gasteiger charge is 2.20. The predicted molar refractivity (Wildman–Crippen MR) is 80.1 cm³/mol. The van der Waals surface area contributed by atoms with Crippen LogP contribution in [-0.4, -0.2) is 0 Å². The van der Waals surface area contributed by atoms with E-state index in [1.807, 2.05) is 0 Å². The second-order valence-electron chi connectivity index (χ2n) is 5.84. The Morgan fingerprint density at radius 3 is 2.50 bits per heavy atom. The zero-order valence-corrected chi connectivity index (χ0v) is 12.0. The van der Waals surface area contributed by atoms with E-state index in [9.17, 15) is 0 Å². The van der Waals surface area contributed by atoms with E-state index in [-0.39, 0.29) is 0 Å². The first-order valence-corrected chi connectivity index (χ1v) is 7.99. The maximum atomic E-state index is 2.36. The lowest BCUT2D eigenvalue weighted by molar-refractivity contribution is 0.531. The molecule has 1 unspecified atom stereocenters. The lowest BCUT2D eigenvalue weighted by atomic mass is 9.94. The highest BCUT2D eigenvalue weighted by atomic mass is 14.3. The van der Waals surface area contributed by atoms with Crippen molar-refractivity contribution < 1.29 is 0 Å². The Kier molecular flexibility index (Phi) is 5.77. The third-order valence-electron chi connectivity index (χ3n) is 4.41. The van der Waals surface area contributed by atoms with Gasteiger partial charge in [0, 0.05) is 0 Å². The van der Waals surface area contributed by atoms with Crippen molar-refractivity contribution >= 4 is 0 Å². The van der Waals surface area contributed by atoms with Gasteiger partial charge in [-0.3, -0.25) is 0 Å². The standard InChI is InChI=1S/C18H28/c1-2-3-4-5-6-7-8-11-16-14-15-17-12-9-10-13-18(16)17/h9-10,12-13,16H,2-8,11,14-15H2,1H3. The quantitative estimate of drug-likeness (QED) is 0.503. The molecule has 0 saturated carbocycles. The molecule has 0 aliphatic heterocycles. The van der Waals surface area contributed by atoms with E-state index in [1.54, 1.807) is 11.1 Å². The molecule has 0 nitrogen and oxygen atoms in total. The zero-order valence-electron chi connectivity index (χ0n) is 12.0. The van der Waals surface area contributed by atoms with Crippen molar-refractivity contribution in [1.82, 2.24) is 0 Å². The number of rotatable bonds is 8. The van der Waals surface area contributed by atoms with Crippen LogP contribution in [0.15, 0.2) is 24.3 Å². The first-order chi connectivity index (χ1) is 8.92. The minimum atomic E-state index is 0.872. The molecule has 0 radical (unpaired) electrons. The number of benzene rings is 1. The first-order valence-electron chi connectivity index (χ1n) is 7.99. The van der Waals surface area contributed by atoms with E-state index in [2.05, 4.69) is 31.2 Å². The fourth-order valence-corrected chi connectivity index (χ4v) is 3.29. The van der Waals surface area contributed by atoms with Crippen molar-refractivity contribution in [3.8, 4) is 0 Å². The Hall–Kier alpha value is -0.780. The summed E-state index contributed by atoms with van der Waals surface area (Å²) in [7, 11) is 0. The van der Waals surface area contributed by atoms with Crippen LogP contribution in [0.25, 0.3) is 0 Å². The van der Waals surface area contributed by atoms with Crippen LogP contribution in [0.1, 0.15) is 81.8 Å². The molecule has 0 bridgehead atoms. The van der Waals surface area contributed by atoms with Crippen molar-refractivity contribution in [3.05, 3.63) is 35.4 Å². The third kappa shape index (κ3) is 3.86. The largest absolute Gasteiger partial charge is 0.0654 e. The van der Waals surface area contributed by atoms with Crippen LogP contribution in [0, 0.1) is 0 Å². The molecular weight excluding hydrogens is 216 g/mol. The molecule has 0 N–H and O–H groups in total. The fraction of sp³-hybridized carbons (Fsp3) is 0.667. The number of unbranched alkanes of at least 4 members (excludes halogenated alkanes) is 6. The van der Waals surface area contributed by atoms with Gasteiger partial charge in [0.05, 0.1) is 0 Å². The number of hydrogen-bond acceptors (Lipinski definition) is 0. The smallest absolute Gasteiger partial charge is 0.0156 e. The topological polar surface area (TPSA) is 0 Å². The Morgan fingerprint density at radius 2 is 1.67 bits per heavy atom. The Labute approximate surface area is 113 Å². The second kappa shape index (κ2) is 7.61. The summed E-state index contributed by atoms with van der Waals surface area (Å²) in [6, 6.07) is 9.07. The van der Waals surface area contributed by atoms with E-state index < -0.39 is 0 Å². The maximum Gasteiger partial charge on any atom is -0.0156 e. The number of fused-ring (bicyclic) bond motifs is 1. The Bertz CT molecular complexity index is 340. The molecule has 2 rings (SSSR count). The molecule has 0 fully saturated rings. The molecule has 1 atom stereocenters. The molecule has 0 heterocycles. The Balaban J connectivity index is 1.61. The summed E-state index contributed by atoms with van der Waals surface area (Å²) < 4.78 is 0. The summed E-state index contributed by atoms with van der Waals surface area (Å²) in [6.45, 7) is 2.29. The van der Waals surface area contributed by atoms with Gasteiger partial charge < -0.3 is 0 Å². The molecule has 0 spiro atoms. The molecule has 18 heavy (non-hydrogen) atoms. The lowest BCUT2D eigenvalue weighted by Crippen LogP contribution is -1.93. The zero-order chi connectivity index (χ0) is 12.6. The van der Waals surface area contributed by atoms with E-state index >= 15 is 0 Å². The van der Waals surface area contributed by atoms with Crippen LogP contribution in [0.2, 0.25) is 0 Å². The molecule has 0 amide bonds. The summed E-state index contributed by atoms with van der Waals surface area (Å²) in [5.74, 6) is 0.872. The van der Waals surface area contributed by atoms with Crippen LogP contribution in [-0.2, 0) is 6.42 Å². The van der Waals surface area contributed by atoms with Gasteiger partial charge in [0.15, 0.2) is 0 Å². The first kappa shape index (κ1) is 13.6. The van der Waals surface area contributed by atoms with Crippen LogP contribution >= 0.6 is 0 Å².